The minimum absolute atomic E-state index is 0.0245. The third kappa shape index (κ3) is 5.44. The van der Waals surface area contributed by atoms with Gasteiger partial charge in [0.1, 0.15) is 0 Å². The van der Waals surface area contributed by atoms with Crippen molar-refractivity contribution in [3.8, 4) is 0 Å². The molecule has 1 rings (SSSR count). The molecule has 1 amide bonds. The van der Waals surface area contributed by atoms with Gasteiger partial charge in [0.15, 0.2) is 0 Å². The van der Waals surface area contributed by atoms with E-state index in [1.54, 1.807) is 25.2 Å². The predicted octanol–water partition coefficient (Wildman–Crippen LogP) is 2.97. The van der Waals surface area contributed by atoms with Crippen molar-refractivity contribution in [3.63, 3.8) is 0 Å². The van der Waals surface area contributed by atoms with Crippen LogP contribution in [0.2, 0.25) is 0 Å². The number of halogens is 1. The number of rotatable bonds is 5. The van der Waals surface area contributed by atoms with Gasteiger partial charge in [0, 0.05) is 31.5 Å². The summed E-state index contributed by atoms with van der Waals surface area (Å²) in [5.41, 5.74) is 1.43. The van der Waals surface area contributed by atoms with Gasteiger partial charge in [-0.05, 0) is 18.2 Å². The van der Waals surface area contributed by atoms with E-state index < -0.39 is 0 Å². The summed E-state index contributed by atoms with van der Waals surface area (Å²) in [4.78, 5) is 11.4. The molecule has 0 saturated carbocycles. The van der Waals surface area contributed by atoms with Gasteiger partial charge < -0.3 is 5.32 Å². The molecule has 5 nitrogen and oxygen atoms in total. The Labute approximate surface area is 109 Å². The Morgan fingerprint density at radius 2 is 2.24 bits per heavy atom. The van der Waals surface area contributed by atoms with Gasteiger partial charge in [-0.3, -0.25) is 9.80 Å². The summed E-state index contributed by atoms with van der Waals surface area (Å²) >= 11 is 3.22. The van der Waals surface area contributed by atoms with E-state index in [0.717, 1.165) is 5.69 Å². The molecule has 0 aliphatic rings. The van der Waals surface area contributed by atoms with Crippen molar-refractivity contribution >= 4 is 33.2 Å². The maximum Gasteiger partial charge on any atom is 0.225 e. The monoisotopic (exact) mass is 298 g/mol. The van der Waals surface area contributed by atoms with E-state index in [1.807, 2.05) is 18.2 Å². The molecule has 0 bridgehead atoms. The van der Waals surface area contributed by atoms with Gasteiger partial charge in [0.2, 0.25) is 5.91 Å². The lowest BCUT2D eigenvalue weighted by Gasteiger charge is -2.05. The lowest BCUT2D eigenvalue weighted by molar-refractivity contribution is -0.115. The summed E-state index contributed by atoms with van der Waals surface area (Å²) in [5.74, 6) is -0.0245. The van der Waals surface area contributed by atoms with Crippen LogP contribution in [-0.4, -0.2) is 30.3 Å². The van der Waals surface area contributed by atoms with Crippen molar-refractivity contribution in [1.82, 2.24) is 5.01 Å². The second-order valence-corrected chi connectivity index (χ2v) is 4.37. The zero-order chi connectivity index (χ0) is 12.7. The molecular weight excluding hydrogens is 284 g/mol. The first-order valence-corrected chi connectivity index (χ1v) is 6.29. The van der Waals surface area contributed by atoms with Crippen LogP contribution in [0.1, 0.15) is 6.42 Å². The highest BCUT2D eigenvalue weighted by molar-refractivity contribution is 9.09. The van der Waals surface area contributed by atoms with Crippen molar-refractivity contribution in [1.29, 1.82) is 0 Å². The molecule has 6 heteroatoms. The summed E-state index contributed by atoms with van der Waals surface area (Å²) in [7, 11) is 3.59. The summed E-state index contributed by atoms with van der Waals surface area (Å²) < 4.78 is 0. The minimum atomic E-state index is -0.0245. The van der Waals surface area contributed by atoms with E-state index in [1.165, 1.54) is 0 Å². The number of nitrogens with one attached hydrogen (secondary N) is 1. The number of alkyl halides is 1. The average molecular weight is 299 g/mol. The quantitative estimate of drug-likeness (QED) is 0.516. The van der Waals surface area contributed by atoms with Crippen LogP contribution in [0.3, 0.4) is 0 Å². The van der Waals surface area contributed by atoms with E-state index in [4.69, 9.17) is 0 Å². The molecule has 17 heavy (non-hydrogen) atoms. The largest absolute Gasteiger partial charge is 0.326 e. The van der Waals surface area contributed by atoms with Crippen LogP contribution in [0.5, 0.6) is 0 Å². The second kappa shape index (κ2) is 7.01. The van der Waals surface area contributed by atoms with Crippen LogP contribution in [0.4, 0.5) is 11.4 Å². The molecule has 0 aromatic heterocycles. The third-order valence-electron chi connectivity index (χ3n) is 1.79. The Balaban J connectivity index is 2.69. The molecule has 1 N–H and O–H groups in total. The number of amides is 1. The topological polar surface area (TPSA) is 57.1 Å². The van der Waals surface area contributed by atoms with E-state index in [0.29, 0.717) is 17.4 Å². The van der Waals surface area contributed by atoms with Gasteiger partial charge in [-0.15, -0.1) is 5.11 Å². The minimum Gasteiger partial charge on any atom is -0.326 e. The van der Waals surface area contributed by atoms with Crippen molar-refractivity contribution in [2.24, 2.45) is 10.3 Å². The van der Waals surface area contributed by atoms with E-state index in [2.05, 4.69) is 31.6 Å². The van der Waals surface area contributed by atoms with Gasteiger partial charge in [0.25, 0.3) is 0 Å². The first-order chi connectivity index (χ1) is 8.11. The SMILES string of the molecule is CN(C)N=Nc1cccc(NC(=O)CCBr)c1. The number of anilines is 1. The highest BCUT2D eigenvalue weighted by atomic mass is 79.9. The van der Waals surface area contributed by atoms with Crippen molar-refractivity contribution in [3.05, 3.63) is 24.3 Å². The zero-order valence-corrected chi connectivity index (χ0v) is 11.4. The number of carbonyl (C=O) groups excluding carboxylic acids is 1. The Hall–Kier alpha value is -1.43. The summed E-state index contributed by atoms with van der Waals surface area (Å²) in [6.45, 7) is 0. The average Bonchev–Trinajstić information content (AvgIpc) is 2.27. The Kier molecular flexibility index (Phi) is 5.62. The van der Waals surface area contributed by atoms with Crippen LogP contribution < -0.4 is 5.32 Å². The molecule has 0 radical (unpaired) electrons. The highest BCUT2D eigenvalue weighted by Crippen LogP contribution is 2.18. The number of hydrogen-bond donors (Lipinski definition) is 1. The van der Waals surface area contributed by atoms with Crippen molar-refractivity contribution < 1.29 is 4.79 Å². The molecule has 92 valence electrons. The molecule has 0 heterocycles. The molecule has 0 unspecified atom stereocenters. The molecule has 0 spiro atoms. The Morgan fingerprint density at radius 3 is 2.88 bits per heavy atom. The van der Waals surface area contributed by atoms with E-state index in [-0.39, 0.29) is 5.91 Å². The Morgan fingerprint density at radius 1 is 1.47 bits per heavy atom. The van der Waals surface area contributed by atoms with Gasteiger partial charge in [-0.25, -0.2) is 0 Å². The van der Waals surface area contributed by atoms with E-state index in [9.17, 15) is 4.79 Å². The standard InChI is InChI=1S/C11H15BrN4O/c1-16(2)15-14-10-5-3-4-9(8-10)13-11(17)6-7-12/h3-5,8H,6-7H2,1-2H3,(H,13,17). The van der Waals surface area contributed by atoms with Crippen LogP contribution in [0.15, 0.2) is 34.6 Å². The molecule has 0 aliphatic heterocycles. The molecule has 1 aromatic rings. The maximum atomic E-state index is 11.4. The smallest absolute Gasteiger partial charge is 0.225 e. The van der Waals surface area contributed by atoms with Crippen LogP contribution in [0, 0.1) is 0 Å². The third-order valence-corrected chi connectivity index (χ3v) is 2.19. The number of nitrogens with zero attached hydrogens (tertiary/aromatic N) is 3. The number of benzene rings is 1. The van der Waals surface area contributed by atoms with Gasteiger partial charge >= 0.3 is 0 Å². The lowest BCUT2D eigenvalue weighted by atomic mass is 10.3. The fourth-order valence-corrected chi connectivity index (χ4v) is 1.46. The summed E-state index contributed by atoms with van der Waals surface area (Å²) in [6.07, 6.45) is 0.448. The predicted molar refractivity (Wildman–Crippen MR) is 71.7 cm³/mol. The van der Waals surface area contributed by atoms with Gasteiger partial charge in [-0.2, -0.15) is 0 Å². The fourth-order valence-electron chi connectivity index (χ4n) is 1.10. The zero-order valence-electron chi connectivity index (χ0n) is 9.85. The highest BCUT2D eigenvalue weighted by Gasteiger charge is 2.01. The van der Waals surface area contributed by atoms with Gasteiger partial charge in [0.05, 0.1) is 5.69 Å². The summed E-state index contributed by atoms with van der Waals surface area (Å²) in [6, 6.07) is 7.25. The van der Waals surface area contributed by atoms with Crippen LogP contribution >= 0.6 is 15.9 Å². The number of hydrogen-bond acceptors (Lipinski definition) is 3. The first-order valence-electron chi connectivity index (χ1n) is 5.16. The summed E-state index contributed by atoms with van der Waals surface area (Å²) in [5, 5.41) is 12.9. The van der Waals surface area contributed by atoms with Crippen molar-refractivity contribution in [2.75, 3.05) is 24.7 Å². The maximum absolute atomic E-state index is 11.4. The first kappa shape index (κ1) is 13.6. The molecule has 0 atom stereocenters. The van der Waals surface area contributed by atoms with Crippen LogP contribution in [-0.2, 0) is 4.79 Å². The van der Waals surface area contributed by atoms with E-state index >= 15 is 0 Å². The normalized spacial score (nSPS) is 10.5. The molecular formula is C11H15BrN4O. The van der Waals surface area contributed by atoms with Crippen molar-refractivity contribution in [2.45, 2.75) is 6.42 Å². The fraction of sp³-hybridized carbons (Fsp3) is 0.364. The molecule has 1 aromatic carbocycles. The Bertz CT molecular complexity index is 406. The lowest BCUT2D eigenvalue weighted by Crippen LogP contribution is -2.11. The van der Waals surface area contributed by atoms with Crippen LogP contribution in [0.25, 0.3) is 0 Å². The molecule has 0 fully saturated rings. The second-order valence-electron chi connectivity index (χ2n) is 3.57. The number of carbonyl (C=O) groups is 1. The molecule has 0 aliphatic carbocycles. The van der Waals surface area contributed by atoms with Gasteiger partial charge in [-0.1, -0.05) is 27.2 Å². The molecule has 0 saturated heterocycles.